The van der Waals surface area contributed by atoms with E-state index < -0.39 is 0 Å². The highest BCUT2D eigenvalue weighted by Crippen LogP contribution is 2.29. The molecule has 0 amide bonds. The SMILES string of the molecule is C[C@@H]1CN[C@H](c2cccs2)C1. The van der Waals surface area contributed by atoms with Crippen LogP contribution < -0.4 is 5.32 Å². The molecule has 0 spiro atoms. The minimum atomic E-state index is 0.644. The van der Waals surface area contributed by atoms with E-state index in [1.54, 1.807) is 0 Å². The average molecular weight is 167 g/mol. The Morgan fingerprint density at radius 2 is 2.55 bits per heavy atom. The molecule has 1 aliphatic rings. The van der Waals surface area contributed by atoms with Gasteiger partial charge in [-0.05, 0) is 30.3 Å². The Morgan fingerprint density at radius 1 is 1.64 bits per heavy atom. The van der Waals surface area contributed by atoms with Gasteiger partial charge in [0.15, 0.2) is 0 Å². The summed E-state index contributed by atoms with van der Waals surface area (Å²) in [5, 5.41) is 5.67. The van der Waals surface area contributed by atoms with E-state index in [1.807, 2.05) is 11.3 Å². The van der Waals surface area contributed by atoms with E-state index in [-0.39, 0.29) is 0 Å². The molecular weight excluding hydrogens is 154 g/mol. The first kappa shape index (κ1) is 7.32. The van der Waals surface area contributed by atoms with Gasteiger partial charge in [-0.3, -0.25) is 0 Å². The second kappa shape index (κ2) is 2.95. The molecule has 2 atom stereocenters. The summed E-state index contributed by atoms with van der Waals surface area (Å²) in [6, 6.07) is 5.00. The highest BCUT2D eigenvalue weighted by Gasteiger charge is 2.21. The predicted octanol–water partition coefficient (Wildman–Crippen LogP) is 2.42. The number of rotatable bonds is 1. The zero-order valence-corrected chi connectivity index (χ0v) is 7.53. The van der Waals surface area contributed by atoms with Gasteiger partial charge in [-0.15, -0.1) is 11.3 Å². The Bertz CT molecular complexity index is 217. The van der Waals surface area contributed by atoms with Crippen molar-refractivity contribution < 1.29 is 0 Å². The molecule has 60 valence electrons. The molecular formula is C9H13NS. The van der Waals surface area contributed by atoms with Gasteiger partial charge in [-0.1, -0.05) is 13.0 Å². The van der Waals surface area contributed by atoms with Gasteiger partial charge in [0.05, 0.1) is 0 Å². The van der Waals surface area contributed by atoms with Gasteiger partial charge in [0.1, 0.15) is 0 Å². The van der Waals surface area contributed by atoms with E-state index in [1.165, 1.54) is 17.8 Å². The van der Waals surface area contributed by atoms with Crippen LogP contribution in [0.5, 0.6) is 0 Å². The van der Waals surface area contributed by atoms with Crippen molar-refractivity contribution in [2.24, 2.45) is 5.92 Å². The van der Waals surface area contributed by atoms with Crippen molar-refractivity contribution in [2.75, 3.05) is 6.54 Å². The molecule has 1 aromatic rings. The Hall–Kier alpha value is -0.340. The Kier molecular flexibility index (Phi) is 1.96. The lowest BCUT2D eigenvalue weighted by Gasteiger charge is -2.05. The zero-order chi connectivity index (χ0) is 7.68. The summed E-state index contributed by atoms with van der Waals surface area (Å²) >= 11 is 1.86. The van der Waals surface area contributed by atoms with E-state index in [0.717, 1.165) is 5.92 Å². The molecule has 1 N–H and O–H groups in total. The monoisotopic (exact) mass is 167 g/mol. The zero-order valence-electron chi connectivity index (χ0n) is 6.71. The minimum absolute atomic E-state index is 0.644. The first-order valence-corrected chi connectivity index (χ1v) is 5.01. The molecule has 0 aromatic carbocycles. The van der Waals surface area contributed by atoms with Gasteiger partial charge in [0, 0.05) is 10.9 Å². The van der Waals surface area contributed by atoms with Gasteiger partial charge in [0.2, 0.25) is 0 Å². The predicted molar refractivity (Wildman–Crippen MR) is 48.8 cm³/mol. The minimum Gasteiger partial charge on any atom is -0.309 e. The van der Waals surface area contributed by atoms with Crippen molar-refractivity contribution in [3.63, 3.8) is 0 Å². The van der Waals surface area contributed by atoms with Crippen molar-refractivity contribution >= 4 is 11.3 Å². The molecule has 2 heterocycles. The van der Waals surface area contributed by atoms with Gasteiger partial charge >= 0.3 is 0 Å². The smallest absolute Gasteiger partial charge is 0.0417 e. The Balaban J connectivity index is 2.08. The summed E-state index contributed by atoms with van der Waals surface area (Å²) in [6.07, 6.45) is 1.31. The standard InChI is InChI=1S/C9H13NS/c1-7-5-8(10-6-7)9-3-2-4-11-9/h2-4,7-8,10H,5-6H2,1H3/t7-,8-/m0/s1. The van der Waals surface area contributed by atoms with Crippen molar-refractivity contribution in [3.05, 3.63) is 22.4 Å². The maximum absolute atomic E-state index is 3.52. The van der Waals surface area contributed by atoms with Crippen molar-refractivity contribution in [1.29, 1.82) is 0 Å². The summed E-state index contributed by atoms with van der Waals surface area (Å²) in [6.45, 7) is 3.49. The largest absolute Gasteiger partial charge is 0.309 e. The second-order valence-corrected chi connectivity index (χ2v) is 4.30. The summed E-state index contributed by atoms with van der Waals surface area (Å²) < 4.78 is 0. The normalized spacial score (nSPS) is 31.0. The molecule has 0 bridgehead atoms. The molecule has 1 aromatic heterocycles. The molecule has 0 saturated carbocycles. The third-order valence-corrected chi connectivity index (χ3v) is 3.22. The lowest BCUT2D eigenvalue weighted by atomic mass is 10.1. The number of hydrogen-bond donors (Lipinski definition) is 1. The first-order chi connectivity index (χ1) is 5.36. The molecule has 1 aliphatic heterocycles. The lowest BCUT2D eigenvalue weighted by molar-refractivity contribution is 0.618. The number of nitrogens with one attached hydrogen (secondary N) is 1. The highest BCUT2D eigenvalue weighted by atomic mass is 32.1. The molecule has 0 unspecified atom stereocenters. The van der Waals surface area contributed by atoms with Crippen molar-refractivity contribution in [3.8, 4) is 0 Å². The Morgan fingerprint density at radius 3 is 3.09 bits per heavy atom. The van der Waals surface area contributed by atoms with Crippen molar-refractivity contribution in [1.82, 2.24) is 5.32 Å². The average Bonchev–Trinajstić information content (AvgIpc) is 2.55. The van der Waals surface area contributed by atoms with E-state index >= 15 is 0 Å². The third-order valence-electron chi connectivity index (χ3n) is 2.24. The van der Waals surface area contributed by atoms with Crippen LogP contribution in [-0.2, 0) is 0 Å². The number of thiophene rings is 1. The van der Waals surface area contributed by atoms with E-state index in [9.17, 15) is 0 Å². The van der Waals surface area contributed by atoms with E-state index in [2.05, 4.69) is 29.8 Å². The molecule has 1 fully saturated rings. The van der Waals surface area contributed by atoms with Crippen LogP contribution in [0.3, 0.4) is 0 Å². The molecule has 2 rings (SSSR count). The van der Waals surface area contributed by atoms with E-state index in [4.69, 9.17) is 0 Å². The molecule has 1 nitrogen and oxygen atoms in total. The second-order valence-electron chi connectivity index (χ2n) is 3.32. The summed E-state index contributed by atoms with van der Waals surface area (Å²) in [7, 11) is 0. The maximum Gasteiger partial charge on any atom is 0.0417 e. The van der Waals surface area contributed by atoms with Crippen LogP contribution in [0.4, 0.5) is 0 Å². The van der Waals surface area contributed by atoms with Gasteiger partial charge in [-0.2, -0.15) is 0 Å². The van der Waals surface area contributed by atoms with Crippen LogP contribution in [0.1, 0.15) is 24.3 Å². The van der Waals surface area contributed by atoms with E-state index in [0.29, 0.717) is 6.04 Å². The summed E-state index contributed by atoms with van der Waals surface area (Å²) in [5.41, 5.74) is 0. The number of hydrogen-bond acceptors (Lipinski definition) is 2. The molecule has 0 aliphatic carbocycles. The fraction of sp³-hybridized carbons (Fsp3) is 0.556. The van der Waals surface area contributed by atoms with Crippen LogP contribution in [0.25, 0.3) is 0 Å². The van der Waals surface area contributed by atoms with Crippen LogP contribution in [0, 0.1) is 5.92 Å². The van der Waals surface area contributed by atoms with Gasteiger partial charge in [0.25, 0.3) is 0 Å². The maximum atomic E-state index is 3.52. The van der Waals surface area contributed by atoms with Gasteiger partial charge in [-0.25, -0.2) is 0 Å². The molecule has 2 heteroatoms. The van der Waals surface area contributed by atoms with Crippen LogP contribution in [0.2, 0.25) is 0 Å². The molecule has 0 radical (unpaired) electrons. The van der Waals surface area contributed by atoms with Crippen LogP contribution >= 0.6 is 11.3 Å². The fourth-order valence-corrected chi connectivity index (χ4v) is 2.43. The summed E-state index contributed by atoms with van der Waals surface area (Å²) in [5.74, 6) is 0.849. The summed E-state index contributed by atoms with van der Waals surface area (Å²) in [4.78, 5) is 1.49. The molecule has 11 heavy (non-hydrogen) atoms. The first-order valence-electron chi connectivity index (χ1n) is 4.13. The third kappa shape index (κ3) is 1.47. The quantitative estimate of drug-likeness (QED) is 0.677. The van der Waals surface area contributed by atoms with Crippen LogP contribution in [-0.4, -0.2) is 6.54 Å². The highest BCUT2D eigenvalue weighted by molar-refractivity contribution is 7.10. The van der Waals surface area contributed by atoms with Crippen molar-refractivity contribution in [2.45, 2.75) is 19.4 Å². The Labute approximate surface area is 71.4 Å². The fourth-order valence-electron chi connectivity index (χ4n) is 1.62. The molecule has 1 saturated heterocycles. The van der Waals surface area contributed by atoms with Gasteiger partial charge < -0.3 is 5.32 Å². The lowest BCUT2D eigenvalue weighted by Crippen LogP contribution is -2.11. The van der Waals surface area contributed by atoms with Crippen LogP contribution in [0.15, 0.2) is 17.5 Å². The topological polar surface area (TPSA) is 12.0 Å².